The van der Waals surface area contributed by atoms with Crippen molar-refractivity contribution in [1.82, 2.24) is 4.90 Å². The van der Waals surface area contributed by atoms with Crippen molar-refractivity contribution in [2.75, 3.05) is 20.1 Å². The average molecular weight is 285 g/mol. The molecule has 1 fully saturated rings. The molecule has 0 radical (unpaired) electrons. The smallest absolute Gasteiger partial charge is 0.111 e. The molecule has 1 aliphatic heterocycles. The Labute approximate surface area is 122 Å². The fraction of sp³-hybridized carbons (Fsp3) is 0.667. The first kappa shape index (κ1) is 16.3. The maximum absolute atomic E-state index is 5.99. The van der Waals surface area contributed by atoms with Crippen LogP contribution in [-0.4, -0.2) is 37.4 Å². The normalized spacial score (nSPS) is 20.2. The van der Waals surface area contributed by atoms with Crippen LogP contribution in [0.25, 0.3) is 0 Å². The Hall–Kier alpha value is -0.800. The number of likely N-dealkylation sites (tertiary alicyclic amines) is 1. The van der Waals surface area contributed by atoms with Crippen molar-refractivity contribution in [3.8, 4) is 0 Å². The predicted octanol–water partition coefficient (Wildman–Crippen LogP) is 3.95. The number of nitrogens with zero attached hydrogens (tertiary/aromatic N) is 2. The monoisotopic (exact) mass is 284 g/mol. The van der Waals surface area contributed by atoms with Gasteiger partial charge in [-0.15, -0.1) is 0 Å². The van der Waals surface area contributed by atoms with Crippen LogP contribution in [0.1, 0.15) is 39.5 Å². The van der Waals surface area contributed by atoms with E-state index in [9.17, 15) is 0 Å². The maximum atomic E-state index is 5.99. The van der Waals surface area contributed by atoms with Crippen molar-refractivity contribution in [1.29, 1.82) is 0 Å². The van der Waals surface area contributed by atoms with E-state index in [0.717, 1.165) is 44.5 Å². The van der Waals surface area contributed by atoms with E-state index in [1.807, 2.05) is 13.0 Å². The molecule has 1 saturated heterocycles. The number of hydrogen-bond acceptors (Lipinski definition) is 3. The van der Waals surface area contributed by atoms with Crippen LogP contribution in [0, 0.1) is 0 Å². The molecule has 0 N–H and O–H groups in total. The number of aliphatic imine (C=N–C) groups is 1. The highest BCUT2D eigenvalue weighted by Gasteiger charge is 2.17. The van der Waals surface area contributed by atoms with Crippen molar-refractivity contribution >= 4 is 17.8 Å². The minimum atomic E-state index is 0.328. The molecule has 108 valence electrons. The van der Waals surface area contributed by atoms with Crippen molar-refractivity contribution in [3.63, 3.8) is 0 Å². The zero-order chi connectivity index (χ0) is 14.1. The van der Waals surface area contributed by atoms with Crippen LogP contribution in [-0.2, 0) is 4.74 Å². The molecule has 3 nitrogen and oxygen atoms in total. The van der Waals surface area contributed by atoms with Crippen LogP contribution in [0.4, 0.5) is 0 Å². The van der Waals surface area contributed by atoms with Gasteiger partial charge < -0.3 is 9.64 Å². The third-order valence-corrected chi connectivity index (χ3v) is 3.35. The van der Waals surface area contributed by atoms with Crippen molar-refractivity contribution in [2.45, 2.75) is 45.6 Å². The van der Waals surface area contributed by atoms with Gasteiger partial charge >= 0.3 is 0 Å². The lowest BCUT2D eigenvalue weighted by Crippen LogP contribution is -2.33. The molecule has 1 aliphatic rings. The summed E-state index contributed by atoms with van der Waals surface area (Å²) in [5, 5.41) is 0.685. The molecule has 0 saturated carbocycles. The second-order valence-electron chi connectivity index (χ2n) is 5.02. The lowest BCUT2D eigenvalue weighted by Gasteiger charge is -2.29. The van der Waals surface area contributed by atoms with E-state index in [4.69, 9.17) is 16.3 Å². The summed E-state index contributed by atoms with van der Waals surface area (Å²) in [6.07, 6.45) is 9.96. The van der Waals surface area contributed by atoms with Gasteiger partial charge in [0.25, 0.3) is 0 Å². The third-order valence-electron chi connectivity index (χ3n) is 3.10. The van der Waals surface area contributed by atoms with Gasteiger partial charge in [0, 0.05) is 19.3 Å². The van der Waals surface area contributed by atoms with Gasteiger partial charge in [0.05, 0.1) is 11.2 Å². The molecule has 0 amide bonds. The van der Waals surface area contributed by atoms with E-state index in [-0.39, 0.29) is 0 Å². The summed E-state index contributed by atoms with van der Waals surface area (Å²) in [6.45, 7) is 6.27. The third kappa shape index (κ3) is 7.38. The predicted molar refractivity (Wildman–Crippen MR) is 82.7 cm³/mol. The van der Waals surface area contributed by atoms with Crippen LogP contribution in [0.5, 0.6) is 0 Å². The average Bonchev–Trinajstić information content (AvgIpc) is 2.39. The van der Waals surface area contributed by atoms with E-state index in [0.29, 0.717) is 11.1 Å². The summed E-state index contributed by atoms with van der Waals surface area (Å²) in [6, 6.07) is 0. The molecule has 1 heterocycles. The number of halogens is 1. The van der Waals surface area contributed by atoms with Crippen LogP contribution in [0.15, 0.2) is 28.1 Å². The highest BCUT2D eigenvalue weighted by atomic mass is 35.5. The fourth-order valence-electron chi connectivity index (χ4n) is 1.94. The van der Waals surface area contributed by atoms with Crippen LogP contribution in [0.3, 0.4) is 0 Å². The molecule has 0 aromatic rings. The van der Waals surface area contributed by atoms with Gasteiger partial charge in [-0.1, -0.05) is 31.0 Å². The van der Waals surface area contributed by atoms with Gasteiger partial charge in [-0.25, -0.2) is 0 Å². The van der Waals surface area contributed by atoms with Crippen LogP contribution < -0.4 is 0 Å². The number of allylic oxidation sites excluding steroid dienone is 3. The summed E-state index contributed by atoms with van der Waals surface area (Å²) in [5.74, 6) is 0.853. The minimum absolute atomic E-state index is 0.328. The Morgan fingerprint density at radius 1 is 1.42 bits per heavy atom. The Kier molecular flexibility index (Phi) is 7.84. The van der Waals surface area contributed by atoms with Crippen molar-refractivity contribution in [3.05, 3.63) is 23.1 Å². The first-order valence-electron chi connectivity index (χ1n) is 7.02. The zero-order valence-electron chi connectivity index (χ0n) is 12.2. The molecule has 0 aromatic carbocycles. The van der Waals surface area contributed by atoms with E-state index in [1.54, 1.807) is 12.4 Å². The van der Waals surface area contributed by atoms with Crippen LogP contribution in [0.2, 0.25) is 0 Å². The van der Waals surface area contributed by atoms with Gasteiger partial charge in [0.15, 0.2) is 0 Å². The van der Waals surface area contributed by atoms with Gasteiger partial charge in [-0.05, 0) is 33.2 Å². The molecule has 0 aromatic heterocycles. The van der Waals surface area contributed by atoms with Crippen molar-refractivity contribution in [2.24, 2.45) is 4.99 Å². The SMILES string of the molecule is CCC/C=C(Cl)/C=N/C=C(\C)OC1CCN(C)CC1. The Morgan fingerprint density at radius 3 is 2.74 bits per heavy atom. The number of piperidine rings is 1. The first-order valence-corrected chi connectivity index (χ1v) is 7.40. The summed E-state index contributed by atoms with van der Waals surface area (Å²) in [7, 11) is 2.15. The second kappa shape index (κ2) is 9.16. The molecule has 0 atom stereocenters. The van der Waals surface area contributed by atoms with E-state index in [2.05, 4.69) is 23.9 Å². The highest BCUT2D eigenvalue weighted by Crippen LogP contribution is 2.15. The van der Waals surface area contributed by atoms with E-state index >= 15 is 0 Å². The lowest BCUT2D eigenvalue weighted by atomic mass is 10.1. The van der Waals surface area contributed by atoms with E-state index in [1.165, 1.54) is 0 Å². The Bertz CT molecular complexity index is 342. The first-order chi connectivity index (χ1) is 9.11. The molecule has 0 aliphatic carbocycles. The molecule has 1 rings (SSSR count). The number of ether oxygens (including phenoxy) is 1. The number of hydrogen-bond donors (Lipinski definition) is 0. The maximum Gasteiger partial charge on any atom is 0.111 e. The van der Waals surface area contributed by atoms with Gasteiger partial charge in [0.1, 0.15) is 11.9 Å². The lowest BCUT2D eigenvalue weighted by molar-refractivity contribution is 0.0588. The van der Waals surface area contributed by atoms with Crippen LogP contribution >= 0.6 is 11.6 Å². The number of rotatable bonds is 6. The minimum Gasteiger partial charge on any atom is -0.493 e. The standard InChI is InChI=1S/C15H25ClN2O/c1-4-5-6-14(16)12-17-11-13(2)19-15-7-9-18(3)10-8-15/h6,11-12,15H,4-5,7-10H2,1-3H3/b13-11+,14-6-,17-12+. The van der Waals surface area contributed by atoms with E-state index < -0.39 is 0 Å². The quantitative estimate of drug-likeness (QED) is 0.545. The molecular formula is C15H25ClN2O. The summed E-state index contributed by atoms with van der Waals surface area (Å²) in [4.78, 5) is 6.51. The number of unbranched alkanes of at least 4 members (excludes halogenated alkanes) is 1. The van der Waals surface area contributed by atoms with Crippen molar-refractivity contribution < 1.29 is 4.74 Å². The fourth-order valence-corrected chi connectivity index (χ4v) is 2.11. The molecule has 0 spiro atoms. The molecule has 0 unspecified atom stereocenters. The molecule has 0 bridgehead atoms. The Balaban J connectivity index is 2.34. The summed E-state index contributed by atoms with van der Waals surface area (Å²) >= 11 is 5.99. The summed E-state index contributed by atoms with van der Waals surface area (Å²) < 4.78 is 5.86. The van der Waals surface area contributed by atoms with Gasteiger partial charge in [-0.3, -0.25) is 4.99 Å². The summed E-state index contributed by atoms with van der Waals surface area (Å²) in [5.41, 5.74) is 0. The van der Waals surface area contributed by atoms with Gasteiger partial charge in [0.2, 0.25) is 0 Å². The molecular weight excluding hydrogens is 260 g/mol. The Morgan fingerprint density at radius 2 is 2.11 bits per heavy atom. The largest absolute Gasteiger partial charge is 0.493 e. The molecule has 4 heteroatoms. The van der Waals surface area contributed by atoms with Gasteiger partial charge in [-0.2, -0.15) is 0 Å². The topological polar surface area (TPSA) is 24.8 Å². The molecule has 19 heavy (non-hydrogen) atoms. The second-order valence-corrected chi connectivity index (χ2v) is 5.45. The highest BCUT2D eigenvalue weighted by molar-refractivity contribution is 6.39. The zero-order valence-corrected chi connectivity index (χ0v) is 13.0.